The van der Waals surface area contributed by atoms with Crippen LogP contribution in [0.25, 0.3) is 0 Å². The summed E-state index contributed by atoms with van der Waals surface area (Å²) >= 11 is 0. The van der Waals surface area contributed by atoms with Gasteiger partial charge in [-0.1, -0.05) is 0 Å². The van der Waals surface area contributed by atoms with Gasteiger partial charge in [-0.3, -0.25) is 10.1 Å². The van der Waals surface area contributed by atoms with Gasteiger partial charge in [-0.25, -0.2) is 4.68 Å². The average molecular weight is 209 g/mol. The third-order valence-electron chi connectivity index (χ3n) is 2.61. The zero-order valence-corrected chi connectivity index (χ0v) is 8.73. The molecule has 2 rings (SSSR count). The van der Waals surface area contributed by atoms with E-state index in [1.807, 2.05) is 0 Å². The molecule has 2 heterocycles. The zero-order valence-electron chi connectivity index (χ0n) is 8.73. The minimum Gasteiger partial charge on any atom is -0.316 e. The number of nitrogens with one attached hydrogen (secondary N) is 2. The number of amides is 1. The molecule has 1 saturated heterocycles. The lowest BCUT2D eigenvalue weighted by Gasteiger charge is -2.21. The molecule has 0 aliphatic carbocycles. The van der Waals surface area contributed by atoms with E-state index in [1.165, 1.54) is 6.33 Å². The highest BCUT2D eigenvalue weighted by Gasteiger charge is 2.21. The second-order valence-electron chi connectivity index (χ2n) is 3.74. The Bertz CT molecular complexity index is 342. The van der Waals surface area contributed by atoms with Gasteiger partial charge in [-0.05, 0) is 19.4 Å². The van der Waals surface area contributed by atoms with E-state index in [4.69, 9.17) is 0 Å². The van der Waals surface area contributed by atoms with E-state index in [0.717, 1.165) is 25.9 Å². The lowest BCUT2D eigenvalue weighted by Crippen LogP contribution is -2.37. The SMILES string of the molecule is Cn1ncnc1NC(=O)C1CCCNC1. The standard InChI is InChI=1S/C9H15N5O/c1-14-9(11-6-12-14)13-8(15)7-3-2-4-10-5-7/h6-7,10H,2-5H2,1H3,(H,11,12,13,15). The van der Waals surface area contributed by atoms with E-state index in [0.29, 0.717) is 5.95 Å². The van der Waals surface area contributed by atoms with Gasteiger partial charge in [-0.15, -0.1) is 0 Å². The number of piperidine rings is 1. The topological polar surface area (TPSA) is 71.8 Å². The number of anilines is 1. The molecule has 1 fully saturated rings. The van der Waals surface area contributed by atoms with Gasteiger partial charge < -0.3 is 5.32 Å². The van der Waals surface area contributed by atoms with Crippen LogP contribution in [0.5, 0.6) is 0 Å². The van der Waals surface area contributed by atoms with E-state index >= 15 is 0 Å². The normalized spacial score (nSPS) is 21.3. The fraction of sp³-hybridized carbons (Fsp3) is 0.667. The molecule has 1 amide bonds. The summed E-state index contributed by atoms with van der Waals surface area (Å²) in [4.78, 5) is 15.7. The first kappa shape index (κ1) is 10.1. The van der Waals surface area contributed by atoms with E-state index in [9.17, 15) is 4.79 Å². The van der Waals surface area contributed by atoms with Crippen LogP contribution in [0, 0.1) is 5.92 Å². The summed E-state index contributed by atoms with van der Waals surface area (Å²) in [7, 11) is 1.75. The van der Waals surface area contributed by atoms with E-state index in [2.05, 4.69) is 20.7 Å². The van der Waals surface area contributed by atoms with Crippen LogP contribution in [0.15, 0.2) is 6.33 Å². The minimum absolute atomic E-state index is 0.0262. The number of aromatic nitrogens is 3. The molecule has 2 N–H and O–H groups in total. The van der Waals surface area contributed by atoms with Gasteiger partial charge in [-0.2, -0.15) is 10.1 Å². The molecule has 15 heavy (non-hydrogen) atoms. The molecule has 0 saturated carbocycles. The molecule has 0 spiro atoms. The number of rotatable bonds is 2. The molecule has 6 nitrogen and oxygen atoms in total. The van der Waals surface area contributed by atoms with Crippen molar-refractivity contribution in [2.24, 2.45) is 13.0 Å². The molecule has 1 unspecified atom stereocenters. The first-order valence-electron chi connectivity index (χ1n) is 5.13. The summed E-state index contributed by atoms with van der Waals surface area (Å²) in [5, 5.41) is 9.87. The maximum Gasteiger partial charge on any atom is 0.231 e. The predicted octanol–water partition coefficient (Wildman–Crippen LogP) is -0.247. The summed E-state index contributed by atoms with van der Waals surface area (Å²) in [6, 6.07) is 0. The molecular formula is C9H15N5O. The Morgan fingerprint density at radius 1 is 1.73 bits per heavy atom. The summed E-state index contributed by atoms with van der Waals surface area (Å²) in [6.07, 6.45) is 3.42. The molecule has 6 heteroatoms. The number of nitrogens with zero attached hydrogens (tertiary/aromatic N) is 3. The van der Waals surface area contributed by atoms with Gasteiger partial charge in [0.2, 0.25) is 11.9 Å². The third kappa shape index (κ3) is 2.33. The van der Waals surface area contributed by atoms with Crippen molar-refractivity contribution in [2.75, 3.05) is 18.4 Å². The number of carbonyl (C=O) groups is 1. The molecule has 0 radical (unpaired) electrons. The maximum absolute atomic E-state index is 11.8. The highest BCUT2D eigenvalue weighted by molar-refractivity contribution is 5.91. The van der Waals surface area contributed by atoms with Crippen molar-refractivity contribution in [3.05, 3.63) is 6.33 Å². The monoisotopic (exact) mass is 209 g/mol. The Morgan fingerprint density at radius 3 is 3.20 bits per heavy atom. The predicted molar refractivity (Wildman–Crippen MR) is 55.2 cm³/mol. The summed E-state index contributed by atoms with van der Waals surface area (Å²) in [5.74, 6) is 0.583. The van der Waals surface area contributed by atoms with Crippen LogP contribution in [0.1, 0.15) is 12.8 Å². The van der Waals surface area contributed by atoms with Crippen molar-refractivity contribution in [3.8, 4) is 0 Å². The molecule has 0 aromatic carbocycles. The van der Waals surface area contributed by atoms with Crippen molar-refractivity contribution in [2.45, 2.75) is 12.8 Å². The third-order valence-corrected chi connectivity index (χ3v) is 2.61. The van der Waals surface area contributed by atoms with Gasteiger partial charge in [0.25, 0.3) is 0 Å². The Labute approximate surface area is 88.1 Å². The summed E-state index contributed by atoms with van der Waals surface area (Å²) in [5.41, 5.74) is 0. The molecular weight excluding hydrogens is 194 g/mol. The number of hydrogen-bond donors (Lipinski definition) is 2. The number of carbonyl (C=O) groups excluding carboxylic acids is 1. The largest absolute Gasteiger partial charge is 0.316 e. The quantitative estimate of drug-likeness (QED) is 0.704. The molecule has 1 atom stereocenters. The van der Waals surface area contributed by atoms with E-state index < -0.39 is 0 Å². The lowest BCUT2D eigenvalue weighted by molar-refractivity contribution is -0.120. The van der Waals surface area contributed by atoms with Crippen LogP contribution in [0.2, 0.25) is 0 Å². The van der Waals surface area contributed by atoms with Gasteiger partial charge in [0.1, 0.15) is 6.33 Å². The van der Waals surface area contributed by atoms with Crippen molar-refractivity contribution in [1.29, 1.82) is 0 Å². The van der Waals surface area contributed by atoms with Gasteiger partial charge in [0.15, 0.2) is 0 Å². The first-order valence-corrected chi connectivity index (χ1v) is 5.13. The van der Waals surface area contributed by atoms with Crippen molar-refractivity contribution < 1.29 is 4.79 Å². The summed E-state index contributed by atoms with van der Waals surface area (Å²) in [6.45, 7) is 1.76. The molecule has 0 bridgehead atoms. The Balaban J connectivity index is 1.94. The maximum atomic E-state index is 11.8. The molecule has 1 aliphatic heterocycles. The zero-order chi connectivity index (χ0) is 10.7. The molecule has 1 aromatic rings. The van der Waals surface area contributed by atoms with Crippen LogP contribution in [0.3, 0.4) is 0 Å². The summed E-state index contributed by atoms with van der Waals surface area (Å²) < 4.78 is 1.55. The first-order chi connectivity index (χ1) is 7.27. The second kappa shape index (κ2) is 4.39. The van der Waals surface area contributed by atoms with E-state index in [1.54, 1.807) is 11.7 Å². The Hall–Kier alpha value is -1.43. The van der Waals surface area contributed by atoms with Crippen molar-refractivity contribution in [3.63, 3.8) is 0 Å². The average Bonchev–Trinajstić information content (AvgIpc) is 2.66. The van der Waals surface area contributed by atoms with Crippen molar-refractivity contribution >= 4 is 11.9 Å². The van der Waals surface area contributed by atoms with Gasteiger partial charge in [0.05, 0.1) is 5.92 Å². The fourth-order valence-electron chi connectivity index (χ4n) is 1.70. The Kier molecular flexibility index (Phi) is 2.96. The van der Waals surface area contributed by atoms with Crippen LogP contribution in [-0.4, -0.2) is 33.8 Å². The smallest absolute Gasteiger partial charge is 0.231 e. The molecule has 82 valence electrons. The van der Waals surface area contributed by atoms with Gasteiger partial charge in [0, 0.05) is 13.6 Å². The van der Waals surface area contributed by atoms with Crippen molar-refractivity contribution in [1.82, 2.24) is 20.1 Å². The van der Waals surface area contributed by atoms with Gasteiger partial charge >= 0.3 is 0 Å². The van der Waals surface area contributed by atoms with Crippen LogP contribution in [-0.2, 0) is 11.8 Å². The van der Waals surface area contributed by atoms with Crippen LogP contribution < -0.4 is 10.6 Å². The second-order valence-corrected chi connectivity index (χ2v) is 3.74. The fourth-order valence-corrected chi connectivity index (χ4v) is 1.70. The number of hydrogen-bond acceptors (Lipinski definition) is 4. The van der Waals surface area contributed by atoms with E-state index in [-0.39, 0.29) is 11.8 Å². The minimum atomic E-state index is 0.0262. The van der Waals surface area contributed by atoms with Crippen LogP contribution >= 0.6 is 0 Å². The molecule has 1 aliphatic rings. The Morgan fingerprint density at radius 2 is 2.60 bits per heavy atom. The lowest BCUT2D eigenvalue weighted by atomic mass is 9.99. The van der Waals surface area contributed by atoms with Crippen LogP contribution in [0.4, 0.5) is 5.95 Å². The highest BCUT2D eigenvalue weighted by Crippen LogP contribution is 2.12. The highest BCUT2D eigenvalue weighted by atomic mass is 16.2. The molecule has 1 aromatic heterocycles. The number of aryl methyl sites for hydroxylation is 1.